The number of para-hydroxylation sites is 1. The molecule has 0 saturated heterocycles. The molecule has 3 amide bonds. The van der Waals surface area contributed by atoms with Crippen LogP contribution >= 0.6 is 0 Å². The number of quaternary nitrogens is 1. The van der Waals surface area contributed by atoms with E-state index in [0.717, 1.165) is 22.4 Å². The molecule has 0 saturated carbocycles. The number of hydrogen-bond acceptors (Lipinski definition) is 6. The minimum Gasteiger partial charge on any atom is -0.493 e. The summed E-state index contributed by atoms with van der Waals surface area (Å²) in [7, 11) is 0. The highest BCUT2D eigenvalue weighted by Crippen LogP contribution is 2.38. The Morgan fingerprint density at radius 3 is 2.42 bits per heavy atom. The number of benzene rings is 3. The third kappa shape index (κ3) is 4.58. The van der Waals surface area contributed by atoms with Gasteiger partial charge in [0, 0.05) is 29.8 Å². The van der Waals surface area contributed by atoms with Crippen LogP contribution in [-0.4, -0.2) is 50.4 Å². The SMILES string of the molecule is O=C(N=Nc1c(O)n(C[NH+]2CCc3ccccc3[C@H]2CN2C(=O)c3ccccc3C2=O)c2ccccc12)c1cccnc1. The molecule has 10 heteroatoms. The highest BCUT2D eigenvalue weighted by Gasteiger charge is 2.41. The minimum absolute atomic E-state index is 0.116. The summed E-state index contributed by atoms with van der Waals surface area (Å²) in [6.07, 6.45) is 3.78. The molecule has 0 bridgehead atoms. The van der Waals surface area contributed by atoms with Crippen LogP contribution in [0.2, 0.25) is 0 Å². The number of rotatable bonds is 6. The number of aromatic nitrogens is 2. The summed E-state index contributed by atoms with van der Waals surface area (Å²) in [4.78, 5) is 45.6. The van der Waals surface area contributed by atoms with Gasteiger partial charge in [-0.3, -0.25) is 28.8 Å². The molecule has 2 atom stereocenters. The third-order valence-electron chi connectivity index (χ3n) is 8.31. The number of azo groups is 1. The Morgan fingerprint density at radius 1 is 0.930 bits per heavy atom. The lowest BCUT2D eigenvalue weighted by Crippen LogP contribution is -3.13. The molecule has 2 aromatic heterocycles. The topological polar surface area (TPSA) is 122 Å². The molecule has 0 aliphatic carbocycles. The number of hydrogen-bond donors (Lipinski definition) is 2. The van der Waals surface area contributed by atoms with Crippen LogP contribution < -0.4 is 4.90 Å². The van der Waals surface area contributed by atoms with Gasteiger partial charge < -0.3 is 10.0 Å². The first-order valence-electron chi connectivity index (χ1n) is 14.0. The van der Waals surface area contributed by atoms with E-state index in [4.69, 9.17) is 0 Å². The summed E-state index contributed by atoms with van der Waals surface area (Å²) in [5.41, 5.74) is 4.30. The number of carbonyl (C=O) groups is 3. The van der Waals surface area contributed by atoms with Gasteiger partial charge in [-0.25, -0.2) is 0 Å². The second kappa shape index (κ2) is 10.7. The number of imide groups is 1. The number of carbonyl (C=O) groups excluding carboxylic acids is 3. The normalized spacial score (nSPS) is 17.9. The number of fused-ring (bicyclic) bond motifs is 3. The fraction of sp³-hybridized carbons (Fsp3) is 0.152. The lowest BCUT2D eigenvalue weighted by atomic mass is 9.92. The summed E-state index contributed by atoms with van der Waals surface area (Å²) in [6.45, 7) is 1.25. The Hall–Kier alpha value is -5.48. The summed E-state index contributed by atoms with van der Waals surface area (Å²) >= 11 is 0. The zero-order valence-electron chi connectivity index (χ0n) is 23.1. The second-order valence-corrected chi connectivity index (χ2v) is 10.7. The molecule has 2 N–H and O–H groups in total. The molecular formula is C33H27N6O4+. The molecule has 10 nitrogen and oxygen atoms in total. The van der Waals surface area contributed by atoms with Crippen LogP contribution in [-0.2, 0) is 13.1 Å². The highest BCUT2D eigenvalue weighted by molar-refractivity contribution is 6.21. The van der Waals surface area contributed by atoms with Gasteiger partial charge in [-0.15, -0.1) is 10.2 Å². The summed E-state index contributed by atoms with van der Waals surface area (Å²) in [5.74, 6) is -1.27. The van der Waals surface area contributed by atoms with E-state index in [2.05, 4.69) is 27.3 Å². The zero-order valence-corrected chi connectivity index (χ0v) is 23.1. The van der Waals surface area contributed by atoms with Crippen molar-refractivity contribution in [2.24, 2.45) is 10.2 Å². The van der Waals surface area contributed by atoms with Crippen LogP contribution in [0.25, 0.3) is 10.9 Å². The van der Waals surface area contributed by atoms with Crippen LogP contribution in [0.4, 0.5) is 5.69 Å². The highest BCUT2D eigenvalue weighted by atomic mass is 16.3. The number of nitrogens with one attached hydrogen (secondary N) is 1. The predicted octanol–water partition coefficient (Wildman–Crippen LogP) is 4.10. The van der Waals surface area contributed by atoms with E-state index < -0.39 is 5.91 Å². The standard InChI is InChI=1S/C33H26N6O4/c40-30(22-9-7-16-34-18-22)36-35-29-26-13-5-6-14-27(26)39(33(29)43)20-37-17-15-21-8-1-2-10-23(21)28(37)19-38-31(41)24-11-3-4-12-25(24)32(38)42/h1-14,16,18,28,43H,15,17,19-20H2/p+1/t28-/m1/s1. The second-order valence-electron chi connectivity index (χ2n) is 10.7. The van der Waals surface area contributed by atoms with Crippen molar-refractivity contribution in [3.05, 3.63) is 125 Å². The molecule has 212 valence electrons. The summed E-state index contributed by atoms with van der Waals surface area (Å²) in [5, 5.41) is 20.1. The Kier molecular flexibility index (Phi) is 6.59. The Labute approximate surface area is 246 Å². The first-order chi connectivity index (χ1) is 21.0. The average molecular weight is 572 g/mol. The van der Waals surface area contributed by atoms with Crippen molar-refractivity contribution in [3.8, 4) is 5.88 Å². The van der Waals surface area contributed by atoms with E-state index >= 15 is 0 Å². The smallest absolute Gasteiger partial charge is 0.296 e. The lowest BCUT2D eigenvalue weighted by molar-refractivity contribution is -0.954. The summed E-state index contributed by atoms with van der Waals surface area (Å²) in [6, 6.07) is 25.4. The number of nitrogens with zero attached hydrogens (tertiary/aromatic N) is 5. The van der Waals surface area contributed by atoms with Crippen LogP contribution in [0, 0.1) is 0 Å². The maximum Gasteiger partial charge on any atom is 0.296 e. The molecule has 1 unspecified atom stereocenters. The van der Waals surface area contributed by atoms with Crippen molar-refractivity contribution < 1.29 is 24.4 Å². The molecule has 2 aliphatic rings. The van der Waals surface area contributed by atoms with Crippen molar-refractivity contribution in [1.82, 2.24) is 14.5 Å². The third-order valence-corrected chi connectivity index (χ3v) is 8.31. The Morgan fingerprint density at radius 2 is 1.65 bits per heavy atom. The maximum atomic E-state index is 13.3. The molecule has 3 aromatic carbocycles. The molecule has 5 aromatic rings. The Balaban J connectivity index is 1.24. The van der Waals surface area contributed by atoms with E-state index in [-0.39, 0.29) is 36.0 Å². The van der Waals surface area contributed by atoms with Gasteiger partial charge in [-0.2, -0.15) is 0 Å². The summed E-state index contributed by atoms with van der Waals surface area (Å²) < 4.78 is 1.76. The van der Waals surface area contributed by atoms with E-state index in [0.29, 0.717) is 35.3 Å². The largest absolute Gasteiger partial charge is 0.493 e. The first kappa shape index (κ1) is 26.4. The van der Waals surface area contributed by atoms with Crippen molar-refractivity contribution in [1.29, 1.82) is 0 Å². The Bertz CT molecular complexity index is 1900. The van der Waals surface area contributed by atoms with Crippen LogP contribution in [0.3, 0.4) is 0 Å². The quantitative estimate of drug-likeness (QED) is 0.235. The monoisotopic (exact) mass is 571 g/mol. The van der Waals surface area contributed by atoms with Gasteiger partial charge in [-0.1, -0.05) is 54.6 Å². The van der Waals surface area contributed by atoms with E-state index in [1.54, 1.807) is 47.2 Å². The molecule has 43 heavy (non-hydrogen) atoms. The van der Waals surface area contributed by atoms with Crippen molar-refractivity contribution in [2.75, 3.05) is 13.1 Å². The van der Waals surface area contributed by atoms with Gasteiger partial charge >= 0.3 is 0 Å². The van der Waals surface area contributed by atoms with Crippen molar-refractivity contribution >= 4 is 34.3 Å². The average Bonchev–Trinajstić information content (AvgIpc) is 3.45. The fourth-order valence-corrected chi connectivity index (χ4v) is 6.17. The van der Waals surface area contributed by atoms with Crippen molar-refractivity contribution in [2.45, 2.75) is 19.1 Å². The van der Waals surface area contributed by atoms with Gasteiger partial charge in [0.1, 0.15) is 6.04 Å². The first-order valence-corrected chi connectivity index (χ1v) is 14.0. The minimum atomic E-state index is -0.566. The fourth-order valence-electron chi connectivity index (χ4n) is 6.17. The van der Waals surface area contributed by atoms with Crippen LogP contribution in [0.15, 0.2) is 108 Å². The number of pyridine rings is 1. The number of aromatic hydroxyl groups is 1. The molecule has 2 aliphatic heterocycles. The maximum absolute atomic E-state index is 13.3. The lowest BCUT2D eigenvalue weighted by Gasteiger charge is -2.36. The molecule has 0 spiro atoms. The van der Waals surface area contributed by atoms with E-state index in [1.807, 2.05) is 36.4 Å². The molecule has 4 heterocycles. The molecular weight excluding hydrogens is 544 g/mol. The van der Waals surface area contributed by atoms with Gasteiger partial charge in [0.05, 0.1) is 35.3 Å². The van der Waals surface area contributed by atoms with Gasteiger partial charge in [0.15, 0.2) is 12.4 Å². The van der Waals surface area contributed by atoms with Gasteiger partial charge in [0.2, 0.25) is 5.88 Å². The molecule has 0 radical (unpaired) electrons. The van der Waals surface area contributed by atoms with Crippen LogP contribution in [0.1, 0.15) is 48.2 Å². The molecule has 0 fully saturated rings. The van der Waals surface area contributed by atoms with Crippen molar-refractivity contribution in [3.63, 3.8) is 0 Å². The van der Waals surface area contributed by atoms with Gasteiger partial charge in [-0.05, 0) is 35.9 Å². The van der Waals surface area contributed by atoms with E-state index in [9.17, 15) is 19.5 Å². The molecule has 7 rings (SSSR count). The van der Waals surface area contributed by atoms with Gasteiger partial charge in [0.25, 0.3) is 17.7 Å². The predicted molar refractivity (Wildman–Crippen MR) is 157 cm³/mol. The zero-order chi connectivity index (χ0) is 29.5. The van der Waals surface area contributed by atoms with E-state index in [1.165, 1.54) is 16.7 Å². The van der Waals surface area contributed by atoms with Crippen LogP contribution in [0.5, 0.6) is 5.88 Å². The number of amides is 3.